The van der Waals surface area contributed by atoms with E-state index in [1.165, 1.54) is 0 Å². The fourth-order valence-electron chi connectivity index (χ4n) is 3.36. The van der Waals surface area contributed by atoms with E-state index in [9.17, 15) is 5.11 Å². The molecule has 1 aliphatic heterocycles. The van der Waals surface area contributed by atoms with E-state index in [0.29, 0.717) is 0 Å². The molecule has 1 N–H and O–H groups in total. The highest BCUT2D eigenvalue weighted by Crippen LogP contribution is 2.33. The molecule has 26 heavy (non-hydrogen) atoms. The Morgan fingerprint density at radius 1 is 1.00 bits per heavy atom. The summed E-state index contributed by atoms with van der Waals surface area (Å²) in [6.45, 7) is 6.99. The van der Waals surface area contributed by atoms with Crippen molar-refractivity contribution in [3.63, 3.8) is 0 Å². The fraction of sp³-hybridized carbons (Fsp3) is 0.455. The molecule has 4 heteroatoms. The maximum Gasteiger partial charge on any atom is 0.119 e. The van der Waals surface area contributed by atoms with E-state index in [1.807, 2.05) is 42.5 Å². The lowest BCUT2D eigenvalue weighted by molar-refractivity contribution is 0.0240. The Bertz CT molecular complexity index is 638. The average molecular weight is 355 g/mol. The highest BCUT2D eigenvalue weighted by Gasteiger charge is 2.26. The van der Waals surface area contributed by atoms with Crippen LogP contribution >= 0.6 is 0 Å². The molecule has 2 aromatic carbocycles. The maximum absolute atomic E-state index is 11.1. The number of rotatable bonds is 8. The normalized spacial score (nSPS) is 17.6. The fourth-order valence-corrected chi connectivity index (χ4v) is 3.36. The maximum atomic E-state index is 11.1. The quantitative estimate of drug-likeness (QED) is 0.785. The second kappa shape index (κ2) is 9.72. The highest BCUT2D eigenvalue weighted by molar-refractivity contribution is 5.32. The number of aliphatic hydroxyl groups excluding tert-OH is 1. The van der Waals surface area contributed by atoms with Gasteiger partial charge in [-0.2, -0.15) is 0 Å². The van der Waals surface area contributed by atoms with Gasteiger partial charge in [-0.1, -0.05) is 49.4 Å². The SMILES string of the molecule is CCCOc1ccc(C(CN2CCOCC2)C(O)c2ccccc2)cc1. The Morgan fingerprint density at radius 2 is 1.69 bits per heavy atom. The van der Waals surface area contributed by atoms with E-state index in [0.717, 1.165) is 62.8 Å². The topological polar surface area (TPSA) is 41.9 Å². The van der Waals surface area contributed by atoms with Gasteiger partial charge in [-0.3, -0.25) is 4.90 Å². The molecular formula is C22H29NO3. The second-order valence-electron chi connectivity index (χ2n) is 6.79. The molecule has 2 aromatic rings. The Labute approximate surface area is 156 Å². The van der Waals surface area contributed by atoms with Crippen molar-refractivity contribution in [1.29, 1.82) is 0 Å². The van der Waals surface area contributed by atoms with E-state index >= 15 is 0 Å². The van der Waals surface area contributed by atoms with Crippen molar-refractivity contribution in [2.75, 3.05) is 39.5 Å². The molecule has 1 heterocycles. The third kappa shape index (κ3) is 5.07. The molecule has 1 fully saturated rings. The number of nitrogens with zero attached hydrogens (tertiary/aromatic N) is 1. The summed E-state index contributed by atoms with van der Waals surface area (Å²) in [5.74, 6) is 0.894. The molecule has 0 aromatic heterocycles. The van der Waals surface area contributed by atoms with Gasteiger partial charge < -0.3 is 14.6 Å². The molecule has 140 valence electrons. The number of benzene rings is 2. The molecular weight excluding hydrogens is 326 g/mol. The van der Waals surface area contributed by atoms with E-state index in [-0.39, 0.29) is 5.92 Å². The van der Waals surface area contributed by atoms with E-state index < -0.39 is 6.10 Å². The first-order valence-electron chi connectivity index (χ1n) is 9.54. The summed E-state index contributed by atoms with van der Waals surface area (Å²) >= 11 is 0. The summed E-state index contributed by atoms with van der Waals surface area (Å²) in [5.41, 5.74) is 2.09. The zero-order valence-corrected chi connectivity index (χ0v) is 15.5. The smallest absolute Gasteiger partial charge is 0.119 e. The van der Waals surface area contributed by atoms with Gasteiger partial charge >= 0.3 is 0 Å². The van der Waals surface area contributed by atoms with Crippen LogP contribution in [-0.2, 0) is 4.74 Å². The van der Waals surface area contributed by atoms with Crippen LogP contribution in [-0.4, -0.2) is 49.5 Å². The van der Waals surface area contributed by atoms with Crippen molar-refractivity contribution >= 4 is 0 Å². The van der Waals surface area contributed by atoms with E-state index in [2.05, 4.69) is 24.0 Å². The molecule has 0 spiro atoms. The predicted molar refractivity (Wildman–Crippen MR) is 104 cm³/mol. The van der Waals surface area contributed by atoms with Gasteiger partial charge in [0, 0.05) is 25.6 Å². The van der Waals surface area contributed by atoms with Crippen molar-refractivity contribution in [3.05, 3.63) is 65.7 Å². The lowest BCUT2D eigenvalue weighted by Crippen LogP contribution is -2.39. The minimum atomic E-state index is -0.540. The first-order valence-corrected chi connectivity index (χ1v) is 9.54. The van der Waals surface area contributed by atoms with Crippen molar-refractivity contribution in [2.45, 2.75) is 25.4 Å². The summed E-state index contributed by atoms with van der Waals surface area (Å²) in [6, 6.07) is 18.1. The van der Waals surface area contributed by atoms with Crippen LogP contribution in [0.2, 0.25) is 0 Å². The van der Waals surface area contributed by atoms with Gasteiger partial charge in [0.15, 0.2) is 0 Å². The van der Waals surface area contributed by atoms with Crippen LogP contribution in [0.5, 0.6) is 5.75 Å². The molecule has 2 unspecified atom stereocenters. The molecule has 0 aliphatic carbocycles. The molecule has 0 radical (unpaired) electrons. The summed E-state index contributed by atoms with van der Waals surface area (Å²) in [7, 11) is 0. The third-order valence-electron chi connectivity index (χ3n) is 4.86. The van der Waals surface area contributed by atoms with Crippen LogP contribution in [0.1, 0.15) is 36.5 Å². The lowest BCUT2D eigenvalue weighted by atomic mass is 9.88. The summed E-state index contributed by atoms with van der Waals surface area (Å²) in [4.78, 5) is 2.38. The summed E-state index contributed by atoms with van der Waals surface area (Å²) in [6.07, 6.45) is 0.454. The monoisotopic (exact) mass is 355 g/mol. The zero-order valence-electron chi connectivity index (χ0n) is 15.5. The number of ether oxygens (including phenoxy) is 2. The Morgan fingerprint density at radius 3 is 2.35 bits per heavy atom. The van der Waals surface area contributed by atoms with Gasteiger partial charge in [0.1, 0.15) is 5.75 Å². The molecule has 2 atom stereocenters. The number of morpholine rings is 1. The molecule has 0 bridgehead atoms. The molecule has 0 amide bonds. The van der Waals surface area contributed by atoms with Gasteiger partial charge in [0.2, 0.25) is 0 Å². The van der Waals surface area contributed by atoms with Gasteiger partial charge in [-0.25, -0.2) is 0 Å². The van der Waals surface area contributed by atoms with Crippen molar-refractivity contribution < 1.29 is 14.6 Å². The predicted octanol–water partition coefficient (Wildman–Crippen LogP) is 3.62. The standard InChI is InChI=1S/C22H29NO3/c1-2-14-26-20-10-8-18(9-11-20)21(17-23-12-15-25-16-13-23)22(24)19-6-4-3-5-7-19/h3-11,21-22,24H,2,12-17H2,1H3. The van der Waals surface area contributed by atoms with Crippen LogP contribution < -0.4 is 4.74 Å². The summed E-state index contributed by atoms with van der Waals surface area (Å²) in [5, 5.41) is 11.1. The third-order valence-corrected chi connectivity index (χ3v) is 4.86. The number of hydrogen-bond acceptors (Lipinski definition) is 4. The van der Waals surface area contributed by atoms with Crippen LogP contribution in [0.25, 0.3) is 0 Å². The van der Waals surface area contributed by atoms with Crippen molar-refractivity contribution in [2.24, 2.45) is 0 Å². The summed E-state index contributed by atoms with van der Waals surface area (Å²) < 4.78 is 11.2. The van der Waals surface area contributed by atoms with Gasteiger partial charge in [-0.15, -0.1) is 0 Å². The van der Waals surface area contributed by atoms with E-state index in [4.69, 9.17) is 9.47 Å². The van der Waals surface area contributed by atoms with Crippen LogP contribution in [0.4, 0.5) is 0 Å². The molecule has 1 aliphatic rings. The van der Waals surface area contributed by atoms with Crippen LogP contribution in [0.3, 0.4) is 0 Å². The minimum Gasteiger partial charge on any atom is -0.494 e. The van der Waals surface area contributed by atoms with Gasteiger partial charge in [-0.05, 0) is 29.7 Å². The first-order chi connectivity index (χ1) is 12.8. The Hall–Kier alpha value is -1.88. The Balaban J connectivity index is 1.79. The highest BCUT2D eigenvalue weighted by atomic mass is 16.5. The number of aliphatic hydroxyl groups is 1. The second-order valence-corrected chi connectivity index (χ2v) is 6.79. The molecule has 1 saturated heterocycles. The molecule has 0 saturated carbocycles. The number of hydrogen-bond donors (Lipinski definition) is 1. The average Bonchev–Trinajstić information content (AvgIpc) is 2.72. The molecule has 4 nitrogen and oxygen atoms in total. The molecule has 3 rings (SSSR count). The van der Waals surface area contributed by atoms with Crippen molar-refractivity contribution in [3.8, 4) is 5.75 Å². The first kappa shape index (κ1) is 18.9. The van der Waals surface area contributed by atoms with Crippen LogP contribution in [0.15, 0.2) is 54.6 Å². The Kier molecular flexibility index (Phi) is 7.06. The van der Waals surface area contributed by atoms with Crippen LogP contribution in [0, 0.1) is 0 Å². The van der Waals surface area contributed by atoms with Gasteiger partial charge in [0.05, 0.1) is 25.9 Å². The van der Waals surface area contributed by atoms with Crippen molar-refractivity contribution in [1.82, 2.24) is 4.90 Å². The largest absolute Gasteiger partial charge is 0.494 e. The lowest BCUT2D eigenvalue weighted by Gasteiger charge is -2.33. The zero-order chi connectivity index (χ0) is 18.2. The minimum absolute atomic E-state index is 0.00993. The van der Waals surface area contributed by atoms with E-state index in [1.54, 1.807) is 0 Å². The van der Waals surface area contributed by atoms with Gasteiger partial charge in [0.25, 0.3) is 0 Å².